The molecule has 1 amide bonds. The van der Waals surface area contributed by atoms with Crippen LogP contribution in [0, 0.1) is 24.2 Å². The summed E-state index contributed by atoms with van der Waals surface area (Å²) in [6.07, 6.45) is 0. The number of benzene rings is 1. The molecule has 0 radical (unpaired) electrons. The number of carbonyl (C=O) groups is 2. The highest BCUT2D eigenvalue weighted by molar-refractivity contribution is 7.17. The minimum Gasteiger partial charge on any atom is -0.492 e. The van der Waals surface area contributed by atoms with Crippen LogP contribution in [0.5, 0.6) is 5.75 Å². The number of carboxylic acids is 1. The SMILES string of the molecule is Cc1nc(-c2ccc(OCC(C)C)c(C#N)c2)sc1C(=O)NCC(=O)O. The van der Waals surface area contributed by atoms with E-state index in [1.165, 1.54) is 0 Å². The van der Waals surface area contributed by atoms with Gasteiger partial charge in [0.05, 0.1) is 17.9 Å². The van der Waals surface area contributed by atoms with E-state index in [0.29, 0.717) is 45.0 Å². The molecule has 2 rings (SSSR count). The highest BCUT2D eigenvalue weighted by atomic mass is 32.1. The molecule has 0 aliphatic rings. The summed E-state index contributed by atoms with van der Waals surface area (Å²) in [5.74, 6) is -0.741. The number of hydrogen-bond acceptors (Lipinski definition) is 6. The van der Waals surface area contributed by atoms with Crippen LogP contribution in [0.4, 0.5) is 0 Å². The molecule has 7 nitrogen and oxygen atoms in total. The standard InChI is InChI=1S/C18H19N3O4S/c1-10(2)9-25-14-5-4-12(6-13(14)7-19)18-21-11(3)16(26-18)17(24)20-8-15(22)23/h4-6,10H,8-9H2,1-3H3,(H,20,24)(H,22,23). The van der Waals surface area contributed by atoms with Gasteiger partial charge in [0.25, 0.3) is 5.91 Å². The van der Waals surface area contributed by atoms with Crippen LogP contribution in [-0.2, 0) is 4.79 Å². The van der Waals surface area contributed by atoms with Crippen molar-refractivity contribution in [1.82, 2.24) is 10.3 Å². The zero-order chi connectivity index (χ0) is 19.3. The molecule has 0 fully saturated rings. The van der Waals surface area contributed by atoms with Gasteiger partial charge in [-0.05, 0) is 31.0 Å². The van der Waals surface area contributed by atoms with Crippen molar-refractivity contribution in [3.8, 4) is 22.4 Å². The molecule has 136 valence electrons. The Morgan fingerprint density at radius 3 is 2.77 bits per heavy atom. The lowest BCUT2D eigenvalue weighted by atomic mass is 10.1. The third-order valence-electron chi connectivity index (χ3n) is 3.32. The Hall–Kier alpha value is -2.92. The molecule has 0 bridgehead atoms. The maximum Gasteiger partial charge on any atom is 0.322 e. The van der Waals surface area contributed by atoms with Crippen LogP contribution in [-0.4, -0.2) is 35.1 Å². The maximum atomic E-state index is 12.1. The van der Waals surface area contributed by atoms with E-state index in [4.69, 9.17) is 9.84 Å². The number of hydrogen-bond donors (Lipinski definition) is 2. The van der Waals surface area contributed by atoms with Crippen LogP contribution in [0.15, 0.2) is 18.2 Å². The minimum absolute atomic E-state index is 0.342. The molecule has 0 aliphatic carbocycles. The van der Waals surface area contributed by atoms with Crippen molar-refractivity contribution in [3.63, 3.8) is 0 Å². The van der Waals surface area contributed by atoms with E-state index in [9.17, 15) is 14.9 Å². The molecule has 2 aromatic rings. The van der Waals surface area contributed by atoms with Gasteiger partial charge in [-0.15, -0.1) is 11.3 Å². The van der Waals surface area contributed by atoms with Gasteiger partial charge < -0.3 is 15.2 Å². The highest BCUT2D eigenvalue weighted by Crippen LogP contribution is 2.31. The summed E-state index contributed by atoms with van der Waals surface area (Å²) in [5.41, 5.74) is 1.60. The first-order chi connectivity index (χ1) is 12.3. The van der Waals surface area contributed by atoms with Gasteiger partial charge in [0.1, 0.15) is 28.2 Å². The second-order valence-electron chi connectivity index (χ2n) is 6.04. The van der Waals surface area contributed by atoms with Gasteiger partial charge in [0.2, 0.25) is 0 Å². The third-order valence-corrected chi connectivity index (χ3v) is 4.53. The molecule has 0 saturated heterocycles. The molecular formula is C18H19N3O4S. The topological polar surface area (TPSA) is 112 Å². The summed E-state index contributed by atoms with van der Waals surface area (Å²) in [5, 5.41) is 20.9. The normalized spacial score (nSPS) is 10.4. The summed E-state index contributed by atoms with van der Waals surface area (Å²) in [7, 11) is 0. The lowest BCUT2D eigenvalue weighted by Crippen LogP contribution is -2.29. The monoisotopic (exact) mass is 373 g/mol. The van der Waals surface area contributed by atoms with Crippen LogP contribution >= 0.6 is 11.3 Å². The van der Waals surface area contributed by atoms with E-state index in [2.05, 4.69) is 16.4 Å². The zero-order valence-electron chi connectivity index (χ0n) is 14.7. The predicted octanol–water partition coefficient (Wildman–Crippen LogP) is 2.84. The lowest BCUT2D eigenvalue weighted by molar-refractivity contribution is -0.135. The molecule has 26 heavy (non-hydrogen) atoms. The number of amides is 1. The lowest BCUT2D eigenvalue weighted by Gasteiger charge is -2.10. The Bertz CT molecular complexity index is 868. The Morgan fingerprint density at radius 2 is 2.15 bits per heavy atom. The van der Waals surface area contributed by atoms with Crippen LogP contribution < -0.4 is 10.1 Å². The van der Waals surface area contributed by atoms with Gasteiger partial charge in [0, 0.05) is 5.56 Å². The van der Waals surface area contributed by atoms with E-state index in [1.807, 2.05) is 13.8 Å². The minimum atomic E-state index is -1.11. The molecule has 1 aromatic heterocycles. The fraction of sp³-hybridized carbons (Fsp3) is 0.333. The number of rotatable bonds is 7. The van der Waals surface area contributed by atoms with E-state index < -0.39 is 18.4 Å². The number of carbonyl (C=O) groups excluding carboxylic acids is 1. The van der Waals surface area contributed by atoms with E-state index in [0.717, 1.165) is 11.3 Å². The quantitative estimate of drug-likeness (QED) is 0.772. The fourth-order valence-electron chi connectivity index (χ4n) is 2.10. The summed E-state index contributed by atoms with van der Waals surface area (Å²) in [6.45, 7) is 5.79. The largest absolute Gasteiger partial charge is 0.492 e. The molecule has 0 unspecified atom stereocenters. The van der Waals surface area contributed by atoms with Gasteiger partial charge in [-0.1, -0.05) is 13.8 Å². The van der Waals surface area contributed by atoms with Crippen molar-refractivity contribution in [2.75, 3.05) is 13.2 Å². The number of carboxylic acid groups (broad SMARTS) is 1. The van der Waals surface area contributed by atoms with Crippen LogP contribution in [0.25, 0.3) is 10.6 Å². The molecular weight excluding hydrogens is 354 g/mol. The smallest absolute Gasteiger partial charge is 0.322 e. The molecule has 2 N–H and O–H groups in total. The fourth-order valence-corrected chi connectivity index (χ4v) is 3.08. The van der Waals surface area contributed by atoms with Crippen molar-refractivity contribution >= 4 is 23.2 Å². The van der Waals surface area contributed by atoms with E-state index in [1.54, 1.807) is 25.1 Å². The maximum absolute atomic E-state index is 12.1. The molecule has 8 heteroatoms. The number of thiazole rings is 1. The van der Waals surface area contributed by atoms with Gasteiger partial charge in [-0.2, -0.15) is 5.26 Å². The van der Waals surface area contributed by atoms with Crippen molar-refractivity contribution in [3.05, 3.63) is 34.3 Å². The number of aromatic nitrogens is 1. The van der Waals surface area contributed by atoms with Crippen LogP contribution in [0.1, 0.15) is 34.8 Å². The first-order valence-electron chi connectivity index (χ1n) is 7.96. The van der Waals surface area contributed by atoms with Crippen LogP contribution in [0.3, 0.4) is 0 Å². The Kier molecular flexibility index (Phi) is 6.31. The second kappa shape index (κ2) is 8.45. The predicted molar refractivity (Wildman–Crippen MR) is 97.3 cm³/mol. The highest BCUT2D eigenvalue weighted by Gasteiger charge is 2.17. The van der Waals surface area contributed by atoms with Crippen molar-refractivity contribution in [2.24, 2.45) is 5.92 Å². The summed E-state index contributed by atoms with van der Waals surface area (Å²) in [6, 6.07) is 7.29. The van der Waals surface area contributed by atoms with Gasteiger partial charge in [-0.25, -0.2) is 4.98 Å². The summed E-state index contributed by atoms with van der Waals surface area (Å²) >= 11 is 1.15. The van der Waals surface area contributed by atoms with E-state index >= 15 is 0 Å². The third kappa shape index (κ3) is 4.80. The van der Waals surface area contributed by atoms with Crippen molar-refractivity contribution in [1.29, 1.82) is 5.26 Å². The number of nitrogens with zero attached hydrogens (tertiary/aromatic N) is 2. The second-order valence-corrected chi connectivity index (χ2v) is 7.04. The van der Waals surface area contributed by atoms with Crippen molar-refractivity contribution < 1.29 is 19.4 Å². The average Bonchev–Trinajstić information content (AvgIpc) is 2.99. The van der Waals surface area contributed by atoms with Gasteiger partial charge in [0.15, 0.2) is 0 Å². The number of ether oxygens (including phenoxy) is 1. The molecule has 0 atom stereocenters. The first-order valence-corrected chi connectivity index (χ1v) is 8.78. The van der Waals surface area contributed by atoms with Crippen LogP contribution in [0.2, 0.25) is 0 Å². The number of aryl methyl sites for hydroxylation is 1. The summed E-state index contributed by atoms with van der Waals surface area (Å²) in [4.78, 5) is 27.4. The Balaban J connectivity index is 2.26. The number of nitriles is 1. The summed E-state index contributed by atoms with van der Waals surface area (Å²) < 4.78 is 5.64. The van der Waals surface area contributed by atoms with Crippen molar-refractivity contribution in [2.45, 2.75) is 20.8 Å². The zero-order valence-corrected chi connectivity index (χ0v) is 15.5. The molecule has 1 aromatic carbocycles. The van der Waals surface area contributed by atoms with Gasteiger partial charge >= 0.3 is 5.97 Å². The average molecular weight is 373 g/mol. The Labute approximate surface area is 155 Å². The molecule has 1 heterocycles. The molecule has 0 spiro atoms. The van der Waals surface area contributed by atoms with E-state index in [-0.39, 0.29) is 0 Å². The number of aliphatic carboxylic acids is 1. The molecule has 0 aliphatic heterocycles. The molecule has 0 saturated carbocycles. The van der Waals surface area contributed by atoms with Gasteiger partial charge in [-0.3, -0.25) is 9.59 Å². The number of nitrogens with one attached hydrogen (secondary N) is 1. The first kappa shape index (κ1) is 19.4. The Morgan fingerprint density at radius 1 is 1.42 bits per heavy atom.